The monoisotopic (exact) mass is 561 g/mol. The quantitative estimate of drug-likeness (QED) is 0.281. The van der Waals surface area contributed by atoms with Crippen LogP contribution in [0.1, 0.15) is 94.2 Å². The fourth-order valence-electron chi connectivity index (χ4n) is 6.56. The van der Waals surface area contributed by atoms with Gasteiger partial charge in [0.1, 0.15) is 6.33 Å². The third-order valence-corrected chi connectivity index (χ3v) is 11.0. The van der Waals surface area contributed by atoms with Crippen molar-refractivity contribution in [1.82, 2.24) is 20.3 Å². The summed E-state index contributed by atoms with van der Waals surface area (Å²) in [6.07, 6.45) is 10.9. The SMILES string of the molecule is CCS(O)(O)c1ccc(CNC(=O)N2CC3(CCCC3)c3nc(-c4c(C5CC5)ncnc4C4CC4)ccc32)cc1.[HH]. The number of rotatable bonds is 7. The van der Waals surface area contributed by atoms with Crippen molar-refractivity contribution in [3.63, 3.8) is 0 Å². The molecular weight excluding hydrogens is 522 g/mol. The predicted octanol–water partition coefficient (Wildman–Crippen LogP) is 7.21. The number of carbonyl (C=O) groups is 1. The number of aromatic nitrogens is 3. The van der Waals surface area contributed by atoms with Crippen LogP contribution in [0.4, 0.5) is 10.5 Å². The average Bonchev–Trinajstić information content (AvgIpc) is 3.93. The third-order valence-electron chi connectivity index (χ3n) is 9.17. The van der Waals surface area contributed by atoms with Crippen LogP contribution >= 0.6 is 10.6 Å². The van der Waals surface area contributed by atoms with Gasteiger partial charge in [0.05, 0.1) is 33.4 Å². The summed E-state index contributed by atoms with van der Waals surface area (Å²) in [6, 6.07) is 11.2. The van der Waals surface area contributed by atoms with E-state index in [1.54, 1.807) is 25.4 Å². The Kier molecular flexibility index (Phi) is 6.36. The number of nitrogens with zero attached hydrogens (tertiary/aromatic N) is 4. The fourth-order valence-corrected chi connectivity index (χ4v) is 7.47. The van der Waals surface area contributed by atoms with Gasteiger partial charge in [-0.25, -0.2) is 19.7 Å². The lowest BCUT2D eigenvalue weighted by molar-refractivity contribution is 0.245. The second-order valence-electron chi connectivity index (χ2n) is 12.0. The van der Waals surface area contributed by atoms with Crippen LogP contribution in [0.15, 0.2) is 47.6 Å². The second-order valence-corrected chi connectivity index (χ2v) is 14.3. The number of nitrogens with one attached hydrogen (secondary N) is 1. The topological polar surface area (TPSA) is 111 Å². The van der Waals surface area contributed by atoms with E-state index in [1.807, 2.05) is 17.0 Å². The molecule has 3 aromatic rings. The first-order chi connectivity index (χ1) is 19.4. The molecule has 9 heteroatoms. The average molecular weight is 562 g/mol. The van der Waals surface area contributed by atoms with Gasteiger partial charge in [0, 0.05) is 43.1 Å². The third kappa shape index (κ3) is 4.58. The van der Waals surface area contributed by atoms with Crippen molar-refractivity contribution in [2.24, 2.45) is 0 Å². The molecule has 0 radical (unpaired) electrons. The van der Waals surface area contributed by atoms with Gasteiger partial charge in [0.25, 0.3) is 0 Å². The summed E-state index contributed by atoms with van der Waals surface area (Å²) in [6.45, 7) is 2.78. The molecule has 212 valence electrons. The number of benzene rings is 1. The minimum atomic E-state index is -2.75. The Hall–Kier alpha value is -3.01. The molecule has 0 unspecified atom stereocenters. The minimum Gasteiger partial charge on any atom is -0.334 e. The van der Waals surface area contributed by atoms with E-state index in [0.717, 1.165) is 65.3 Å². The van der Waals surface area contributed by atoms with Crippen LogP contribution in [0.3, 0.4) is 0 Å². The fraction of sp³-hybridized carbons (Fsp3) is 0.484. The van der Waals surface area contributed by atoms with Crippen molar-refractivity contribution in [3.05, 3.63) is 65.4 Å². The van der Waals surface area contributed by atoms with Crippen LogP contribution in [0, 0.1) is 0 Å². The first kappa shape index (κ1) is 25.9. The highest BCUT2D eigenvalue weighted by molar-refractivity contribution is 8.24. The van der Waals surface area contributed by atoms with Crippen molar-refractivity contribution in [1.29, 1.82) is 0 Å². The van der Waals surface area contributed by atoms with Crippen LogP contribution in [-0.2, 0) is 12.0 Å². The maximum absolute atomic E-state index is 13.5. The normalized spacial score (nSPS) is 20.1. The Labute approximate surface area is 238 Å². The molecule has 0 bridgehead atoms. The summed E-state index contributed by atoms with van der Waals surface area (Å²) < 4.78 is 20.3. The van der Waals surface area contributed by atoms with Crippen LogP contribution < -0.4 is 10.2 Å². The molecule has 3 fully saturated rings. The minimum absolute atomic E-state index is 0. The lowest BCUT2D eigenvalue weighted by Gasteiger charge is -2.30. The zero-order chi connectivity index (χ0) is 27.5. The number of urea groups is 1. The molecule has 3 N–H and O–H groups in total. The molecule has 1 aromatic carbocycles. The highest BCUT2D eigenvalue weighted by Gasteiger charge is 2.48. The van der Waals surface area contributed by atoms with Gasteiger partial charge in [-0.15, -0.1) is 0 Å². The van der Waals surface area contributed by atoms with Gasteiger partial charge in [-0.2, -0.15) is 10.6 Å². The highest BCUT2D eigenvalue weighted by atomic mass is 32.3. The summed E-state index contributed by atoms with van der Waals surface area (Å²) in [7, 11) is -2.75. The molecule has 4 aliphatic rings. The Balaban J connectivity index is 0.00000302. The number of pyridine rings is 1. The summed E-state index contributed by atoms with van der Waals surface area (Å²) >= 11 is 0. The maximum Gasteiger partial charge on any atom is 0.322 e. The number of anilines is 1. The van der Waals surface area contributed by atoms with E-state index in [0.29, 0.717) is 29.8 Å². The molecule has 1 spiro atoms. The van der Waals surface area contributed by atoms with Crippen molar-refractivity contribution in [2.75, 3.05) is 17.2 Å². The molecule has 3 aliphatic carbocycles. The molecule has 2 amide bonds. The summed E-state index contributed by atoms with van der Waals surface area (Å²) in [5.41, 5.74) is 7.20. The number of hydrogen-bond donors (Lipinski definition) is 3. The highest BCUT2D eigenvalue weighted by Crippen LogP contribution is 2.53. The number of fused-ring (bicyclic) bond motifs is 2. The van der Waals surface area contributed by atoms with Crippen LogP contribution in [0.2, 0.25) is 0 Å². The molecule has 40 heavy (non-hydrogen) atoms. The van der Waals surface area contributed by atoms with Crippen LogP contribution in [0.25, 0.3) is 11.3 Å². The van der Waals surface area contributed by atoms with E-state index in [9.17, 15) is 13.9 Å². The van der Waals surface area contributed by atoms with Crippen LogP contribution in [-0.4, -0.2) is 42.4 Å². The molecule has 8 nitrogen and oxygen atoms in total. The zero-order valence-corrected chi connectivity index (χ0v) is 23.8. The lowest BCUT2D eigenvalue weighted by atomic mass is 9.84. The molecule has 3 heterocycles. The summed E-state index contributed by atoms with van der Waals surface area (Å²) in [5.74, 6) is 1.31. The summed E-state index contributed by atoms with van der Waals surface area (Å²) in [4.78, 5) is 30.8. The van der Waals surface area contributed by atoms with Crippen molar-refractivity contribution >= 4 is 22.3 Å². The first-order valence-corrected chi connectivity index (χ1v) is 16.4. The van der Waals surface area contributed by atoms with E-state index in [1.165, 1.54) is 25.7 Å². The Morgan fingerprint density at radius 1 is 1.02 bits per heavy atom. The first-order valence-electron chi connectivity index (χ1n) is 14.7. The Bertz CT molecular complexity index is 1420. The smallest absolute Gasteiger partial charge is 0.322 e. The van der Waals surface area contributed by atoms with E-state index >= 15 is 0 Å². The van der Waals surface area contributed by atoms with Crippen molar-refractivity contribution in [3.8, 4) is 11.3 Å². The number of hydrogen-bond acceptors (Lipinski definition) is 6. The second kappa shape index (κ2) is 9.82. The zero-order valence-electron chi connectivity index (χ0n) is 23.0. The standard InChI is InChI=1S/C31H37N5O3S.H2/c1-2-40(38,39)23-11-5-20(6-12-23)17-32-30(37)36-18-31(15-3-4-16-31)29-25(36)14-13-24(35-29)26-27(21-7-8-21)33-19-34-28(26)22-9-10-22;/h5-6,11-14,19,21-22,38-39H,2-4,7-10,15-18H2,1H3,(H,32,37);1H. The van der Waals surface area contributed by atoms with E-state index in [-0.39, 0.29) is 18.6 Å². The summed E-state index contributed by atoms with van der Waals surface area (Å²) in [5, 5.41) is 3.09. The van der Waals surface area contributed by atoms with Gasteiger partial charge >= 0.3 is 6.03 Å². The molecule has 0 saturated heterocycles. The van der Waals surface area contributed by atoms with E-state index in [4.69, 9.17) is 15.0 Å². The van der Waals surface area contributed by atoms with E-state index in [2.05, 4.69) is 17.4 Å². The molecular formula is C31H39N5O3S. The van der Waals surface area contributed by atoms with Gasteiger partial charge in [0.15, 0.2) is 0 Å². The largest absolute Gasteiger partial charge is 0.334 e. The van der Waals surface area contributed by atoms with Gasteiger partial charge < -0.3 is 5.32 Å². The Morgan fingerprint density at radius 2 is 1.68 bits per heavy atom. The molecule has 0 atom stereocenters. The Morgan fingerprint density at radius 3 is 2.27 bits per heavy atom. The van der Waals surface area contributed by atoms with Gasteiger partial charge in [-0.05, 0) is 75.3 Å². The molecule has 2 aromatic heterocycles. The molecule has 7 rings (SSSR count). The lowest BCUT2D eigenvalue weighted by Crippen LogP contribution is -2.41. The molecule has 1 aliphatic heterocycles. The maximum atomic E-state index is 13.5. The number of amides is 2. The van der Waals surface area contributed by atoms with Crippen molar-refractivity contribution in [2.45, 2.75) is 87.0 Å². The van der Waals surface area contributed by atoms with Gasteiger partial charge in [-0.3, -0.25) is 14.0 Å². The van der Waals surface area contributed by atoms with Crippen LogP contribution in [0.5, 0.6) is 0 Å². The van der Waals surface area contributed by atoms with Gasteiger partial charge in [0.2, 0.25) is 0 Å². The predicted molar refractivity (Wildman–Crippen MR) is 159 cm³/mol. The number of carbonyl (C=O) groups excluding carboxylic acids is 1. The van der Waals surface area contributed by atoms with E-state index < -0.39 is 10.6 Å². The van der Waals surface area contributed by atoms with Crippen molar-refractivity contribution < 1.29 is 15.3 Å². The molecule has 3 saturated carbocycles. The van der Waals surface area contributed by atoms with Gasteiger partial charge in [-0.1, -0.05) is 25.0 Å².